The third-order valence-corrected chi connectivity index (χ3v) is 5.16. The molecule has 0 unspecified atom stereocenters. The Hall–Kier alpha value is -2.16. The molecule has 2 aromatic carbocycles. The van der Waals surface area contributed by atoms with Gasteiger partial charge in [-0.2, -0.15) is 0 Å². The summed E-state index contributed by atoms with van der Waals surface area (Å²) in [5.74, 6) is 0. The molecule has 1 saturated heterocycles. The predicted molar refractivity (Wildman–Crippen MR) is 103 cm³/mol. The van der Waals surface area contributed by atoms with Crippen molar-refractivity contribution in [3.05, 3.63) is 76.4 Å². The average molecular weight is 316 g/mol. The molecule has 2 N–H and O–H groups in total. The van der Waals surface area contributed by atoms with Crippen LogP contribution in [0.4, 0.5) is 0 Å². The number of piperidine rings is 1. The molecule has 2 heteroatoms. The highest BCUT2D eigenvalue weighted by atomic mass is 15.1. The number of rotatable bonds is 2. The average Bonchev–Trinajstić information content (AvgIpc) is 2.80. The van der Waals surface area contributed by atoms with Crippen molar-refractivity contribution in [3.8, 4) is 0 Å². The molecule has 2 aliphatic rings. The minimum Gasteiger partial charge on any atom is -0.329 e. The van der Waals surface area contributed by atoms with Crippen molar-refractivity contribution < 1.29 is 0 Å². The van der Waals surface area contributed by atoms with Gasteiger partial charge < -0.3 is 10.6 Å². The van der Waals surface area contributed by atoms with Gasteiger partial charge in [-0.05, 0) is 40.7 Å². The molecular formula is C22H24N2. The summed E-state index contributed by atoms with van der Waals surface area (Å²) in [7, 11) is 0. The molecule has 0 bridgehead atoms. The Balaban J connectivity index is 1.82. The molecule has 1 heterocycles. The zero-order chi connectivity index (χ0) is 16.4. The Labute approximate surface area is 144 Å². The van der Waals surface area contributed by atoms with Crippen LogP contribution in [-0.2, 0) is 0 Å². The van der Waals surface area contributed by atoms with E-state index in [1.165, 1.54) is 27.8 Å². The normalized spacial score (nSPS) is 17.4. The third-order valence-electron chi connectivity index (χ3n) is 5.16. The Kier molecular flexibility index (Phi) is 4.33. The Morgan fingerprint density at radius 3 is 1.88 bits per heavy atom. The van der Waals surface area contributed by atoms with E-state index in [-0.39, 0.29) is 0 Å². The topological polar surface area (TPSA) is 29.3 Å². The maximum absolute atomic E-state index is 5.72. The molecule has 1 aliphatic carbocycles. The van der Waals surface area contributed by atoms with Gasteiger partial charge in [-0.3, -0.25) is 0 Å². The van der Waals surface area contributed by atoms with Gasteiger partial charge in [0.25, 0.3) is 0 Å². The van der Waals surface area contributed by atoms with Crippen LogP contribution in [0.3, 0.4) is 0 Å². The monoisotopic (exact) mass is 316 g/mol. The van der Waals surface area contributed by atoms with Crippen LogP contribution < -0.4 is 5.73 Å². The summed E-state index contributed by atoms with van der Waals surface area (Å²) in [6.07, 6.45) is 6.78. The summed E-state index contributed by atoms with van der Waals surface area (Å²) in [6.45, 7) is 4.00. The van der Waals surface area contributed by atoms with Crippen LogP contribution >= 0.6 is 0 Å². The SMILES string of the molecule is NCCN1CCC(=C2c3ccccc3C=Cc3ccccc32)CC1. The van der Waals surface area contributed by atoms with Gasteiger partial charge >= 0.3 is 0 Å². The van der Waals surface area contributed by atoms with Crippen LogP contribution in [0.5, 0.6) is 0 Å². The van der Waals surface area contributed by atoms with E-state index in [0.717, 1.165) is 39.0 Å². The number of nitrogens with two attached hydrogens (primary N) is 1. The Morgan fingerprint density at radius 1 is 0.792 bits per heavy atom. The molecule has 0 atom stereocenters. The van der Waals surface area contributed by atoms with E-state index in [1.54, 1.807) is 5.57 Å². The van der Waals surface area contributed by atoms with Crippen molar-refractivity contribution in [3.63, 3.8) is 0 Å². The molecule has 1 fully saturated rings. The quantitative estimate of drug-likeness (QED) is 0.773. The van der Waals surface area contributed by atoms with Gasteiger partial charge in [-0.1, -0.05) is 66.3 Å². The highest BCUT2D eigenvalue weighted by Gasteiger charge is 2.21. The lowest BCUT2D eigenvalue weighted by molar-refractivity contribution is 0.264. The van der Waals surface area contributed by atoms with E-state index in [4.69, 9.17) is 5.73 Å². The molecule has 1 aliphatic heterocycles. The van der Waals surface area contributed by atoms with Gasteiger partial charge in [0.05, 0.1) is 0 Å². The standard InChI is InChI=1S/C22H24N2/c23-13-16-24-14-11-19(12-15-24)22-20-7-3-1-5-17(20)9-10-18-6-2-4-8-21(18)22/h1-10H,11-16,23H2. The van der Waals surface area contributed by atoms with E-state index in [2.05, 4.69) is 65.6 Å². The largest absolute Gasteiger partial charge is 0.329 e. The van der Waals surface area contributed by atoms with Gasteiger partial charge in [-0.15, -0.1) is 0 Å². The summed E-state index contributed by atoms with van der Waals surface area (Å²) in [4.78, 5) is 2.48. The van der Waals surface area contributed by atoms with Gasteiger partial charge in [0, 0.05) is 26.2 Å². The van der Waals surface area contributed by atoms with E-state index in [0.29, 0.717) is 0 Å². The number of likely N-dealkylation sites (tertiary alicyclic amines) is 1. The second-order valence-corrected chi connectivity index (χ2v) is 6.62. The van der Waals surface area contributed by atoms with E-state index in [9.17, 15) is 0 Å². The second-order valence-electron chi connectivity index (χ2n) is 6.62. The summed E-state index contributed by atoms with van der Waals surface area (Å²) in [5, 5.41) is 0. The van der Waals surface area contributed by atoms with Crippen LogP contribution in [0, 0.1) is 0 Å². The highest BCUT2D eigenvalue weighted by molar-refractivity contribution is 5.94. The smallest absolute Gasteiger partial charge is 0.0105 e. The van der Waals surface area contributed by atoms with Gasteiger partial charge in [-0.25, -0.2) is 0 Å². The Bertz CT molecular complexity index is 740. The molecule has 122 valence electrons. The van der Waals surface area contributed by atoms with Crippen LogP contribution in [-0.4, -0.2) is 31.1 Å². The lowest BCUT2D eigenvalue weighted by Gasteiger charge is -2.30. The van der Waals surface area contributed by atoms with Crippen molar-refractivity contribution in [1.29, 1.82) is 0 Å². The summed E-state index contributed by atoms with van der Waals surface area (Å²) < 4.78 is 0. The van der Waals surface area contributed by atoms with Crippen molar-refractivity contribution >= 4 is 17.7 Å². The van der Waals surface area contributed by atoms with Crippen molar-refractivity contribution in [2.75, 3.05) is 26.2 Å². The fraction of sp³-hybridized carbons (Fsp3) is 0.273. The number of hydrogen-bond donors (Lipinski definition) is 1. The molecule has 0 aromatic heterocycles. The van der Waals surface area contributed by atoms with Crippen molar-refractivity contribution in [2.24, 2.45) is 5.73 Å². The van der Waals surface area contributed by atoms with E-state index < -0.39 is 0 Å². The summed E-state index contributed by atoms with van der Waals surface area (Å²) in [6, 6.07) is 17.6. The number of benzene rings is 2. The first-order chi connectivity index (χ1) is 11.9. The van der Waals surface area contributed by atoms with Crippen molar-refractivity contribution in [1.82, 2.24) is 4.90 Å². The third kappa shape index (κ3) is 2.83. The first-order valence-electron chi connectivity index (χ1n) is 8.88. The van der Waals surface area contributed by atoms with Crippen molar-refractivity contribution in [2.45, 2.75) is 12.8 Å². The summed E-state index contributed by atoms with van der Waals surface area (Å²) >= 11 is 0. The van der Waals surface area contributed by atoms with Crippen LogP contribution in [0.15, 0.2) is 54.1 Å². The molecular weight excluding hydrogens is 292 g/mol. The number of fused-ring (bicyclic) bond motifs is 2. The minimum absolute atomic E-state index is 0.751. The lowest BCUT2D eigenvalue weighted by Crippen LogP contribution is -2.35. The molecule has 0 amide bonds. The van der Waals surface area contributed by atoms with E-state index in [1.807, 2.05) is 0 Å². The van der Waals surface area contributed by atoms with Gasteiger partial charge in [0.2, 0.25) is 0 Å². The van der Waals surface area contributed by atoms with Crippen LogP contribution in [0.1, 0.15) is 35.1 Å². The van der Waals surface area contributed by atoms with Gasteiger partial charge in [0.1, 0.15) is 0 Å². The zero-order valence-electron chi connectivity index (χ0n) is 14.0. The Morgan fingerprint density at radius 2 is 1.33 bits per heavy atom. The number of hydrogen-bond acceptors (Lipinski definition) is 2. The maximum atomic E-state index is 5.72. The molecule has 2 aromatic rings. The lowest BCUT2D eigenvalue weighted by atomic mass is 9.86. The molecule has 0 radical (unpaired) electrons. The molecule has 24 heavy (non-hydrogen) atoms. The second kappa shape index (κ2) is 6.76. The first kappa shape index (κ1) is 15.4. The number of nitrogens with zero attached hydrogens (tertiary/aromatic N) is 1. The van der Waals surface area contributed by atoms with E-state index >= 15 is 0 Å². The fourth-order valence-electron chi connectivity index (χ4n) is 3.92. The molecule has 0 spiro atoms. The zero-order valence-corrected chi connectivity index (χ0v) is 14.0. The maximum Gasteiger partial charge on any atom is 0.0105 e. The molecule has 0 saturated carbocycles. The first-order valence-corrected chi connectivity index (χ1v) is 8.88. The molecule has 2 nitrogen and oxygen atoms in total. The van der Waals surface area contributed by atoms with Crippen LogP contribution in [0.2, 0.25) is 0 Å². The highest BCUT2D eigenvalue weighted by Crippen LogP contribution is 2.38. The summed E-state index contributed by atoms with van der Waals surface area (Å²) in [5.41, 5.74) is 14.2. The fourth-order valence-corrected chi connectivity index (χ4v) is 3.92. The molecule has 4 rings (SSSR count). The van der Waals surface area contributed by atoms with Crippen LogP contribution in [0.25, 0.3) is 17.7 Å². The minimum atomic E-state index is 0.751. The van der Waals surface area contributed by atoms with Gasteiger partial charge in [0.15, 0.2) is 0 Å². The predicted octanol–water partition coefficient (Wildman–Crippen LogP) is 4.03.